The fraction of sp³-hybridized carbons (Fsp3) is 1.00. The van der Waals surface area contributed by atoms with Gasteiger partial charge in [-0.05, 0) is 6.42 Å². The van der Waals surface area contributed by atoms with Crippen LogP contribution in [-0.4, -0.2) is 36.4 Å². The van der Waals surface area contributed by atoms with Gasteiger partial charge in [-0.15, -0.1) is 0 Å². The number of nitrogens with zero attached hydrogens (tertiary/aromatic N) is 2. The van der Waals surface area contributed by atoms with Gasteiger partial charge in [0.2, 0.25) is 0 Å². The summed E-state index contributed by atoms with van der Waals surface area (Å²) in [5.41, 5.74) is 0. The molecule has 0 aliphatic carbocycles. The minimum Gasteiger partial charge on any atom is -0.314 e. The van der Waals surface area contributed by atoms with Crippen LogP contribution in [0, 0.1) is 0 Å². The van der Waals surface area contributed by atoms with Crippen molar-refractivity contribution in [2.75, 3.05) is 26.2 Å². The smallest absolute Gasteiger partial charge is 0.0380 e. The van der Waals surface area contributed by atoms with E-state index in [0.29, 0.717) is 6.54 Å². The molecule has 0 aromatic heterocycles. The van der Waals surface area contributed by atoms with Gasteiger partial charge in [0.15, 0.2) is 0 Å². The zero-order valence-electron chi connectivity index (χ0n) is 4.88. The maximum Gasteiger partial charge on any atom is 0.0380 e. The van der Waals surface area contributed by atoms with Gasteiger partial charge < -0.3 is 5.21 Å². The molecular weight excluding hydrogens is 104 g/mol. The molecule has 1 aliphatic heterocycles. The molecule has 0 unspecified atom stereocenters. The molecule has 3 heteroatoms. The third-order valence-electron chi connectivity index (χ3n) is 1.25. The van der Waals surface area contributed by atoms with Crippen molar-refractivity contribution in [3.05, 3.63) is 0 Å². The van der Waals surface area contributed by atoms with Crippen LogP contribution in [0.1, 0.15) is 6.42 Å². The average molecular weight is 115 g/mol. The van der Waals surface area contributed by atoms with E-state index in [-0.39, 0.29) is 0 Å². The van der Waals surface area contributed by atoms with Crippen LogP contribution in [0.3, 0.4) is 0 Å². The van der Waals surface area contributed by atoms with Crippen molar-refractivity contribution in [2.45, 2.75) is 6.42 Å². The summed E-state index contributed by atoms with van der Waals surface area (Å²) < 4.78 is 0. The molecule has 1 radical (unpaired) electrons. The highest BCUT2D eigenvalue weighted by Crippen LogP contribution is 1.89. The molecule has 3 nitrogen and oxygen atoms in total. The largest absolute Gasteiger partial charge is 0.314 e. The van der Waals surface area contributed by atoms with Gasteiger partial charge in [0.05, 0.1) is 0 Å². The van der Waals surface area contributed by atoms with Crippen molar-refractivity contribution in [3.63, 3.8) is 0 Å². The molecule has 0 aromatic rings. The zero-order valence-corrected chi connectivity index (χ0v) is 4.88. The standard InChI is InChI=1S/C5H11N2O/c8-7-4-1-2-6-3-5-7/h8H,1-5H2. The minimum absolute atomic E-state index is 0.708. The van der Waals surface area contributed by atoms with E-state index in [1.165, 1.54) is 5.06 Å². The van der Waals surface area contributed by atoms with Crippen molar-refractivity contribution >= 4 is 0 Å². The van der Waals surface area contributed by atoms with Gasteiger partial charge in [-0.2, -0.15) is 5.06 Å². The molecule has 1 fully saturated rings. The van der Waals surface area contributed by atoms with E-state index < -0.39 is 0 Å². The van der Waals surface area contributed by atoms with E-state index in [0.717, 1.165) is 26.1 Å². The summed E-state index contributed by atoms with van der Waals surface area (Å²) in [5, 5.41) is 14.3. The van der Waals surface area contributed by atoms with E-state index in [4.69, 9.17) is 5.21 Å². The fourth-order valence-corrected chi connectivity index (χ4v) is 0.775. The molecule has 0 aromatic carbocycles. The maximum atomic E-state index is 8.86. The molecule has 0 bridgehead atoms. The Morgan fingerprint density at radius 2 is 2.12 bits per heavy atom. The monoisotopic (exact) mass is 115 g/mol. The van der Waals surface area contributed by atoms with Gasteiger partial charge in [-0.3, -0.25) is 0 Å². The topological polar surface area (TPSA) is 37.6 Å². The van der Waals surface area contributed by atoms with E-state index in [1.54, 1.807) is 0 Å². The SMILES string of the molecule is ON1CCC[N]CC1. The van der Waals surface area contributed by atoms with E-state index in [2.05, 4.69) is 5.32 Å². The second-order valence-corrected chi connectivity index (χ2v) is 1.98. The molecule has 0 atom stereocenters. The number of rotatable bonds is 0. The first-order valence-electron chi connectivity index (χ1n) is 2.96. The summed E-state index contributed by atoms with van der Waals surface area (Å²) in [4.78, 5) is 0. The fourth-order valence-electron chi connectivity index (χ4n) is 0.775. The lowest BCUT2D eigenvalue weighted by molar-refractivity contribution is -0.0846. The quantitative estimate of drug-likeness (QED) is 0.470. The first-order valence-corrected chi connectivity index (χ1v) is 2.96. The van der Waals surface area contributed by atoms with Crippen molar-refractivity contribution in [1.29, 1.82) is 0 Å². The molecule has 0 saturated carbocycles. The average Bonchev–Trinajstić information content (AvgIpc) is 1.94. The number of hydroxylamine groups is 2. The summed E-state index contributed by atoms with van der Waals surface area (Å²) in [5.74, 6) is 0. The Balaban J connectivity index is 2.17. The Morgan fingerprint density at radius 3 is 3.00 bits per heavy atom. The molecule has 0 amide bonds. The van der Waals surface area contributed by atoms with Crippen LogP contribution in [0.5, 0.6) is 0 Å². The molecule has 1 saturated heterocycles. The molecule has 0 spiro atoms. The molecule has 8 heavy (non-hydrogen) atoms. The molecule has 1 heterocycles. The van der Waals surface area contributed by atoms with Crippen LogP contribution in [0.25, 0.3) is 0 Å². The normalized spacial score (nSPS) is 25.1. The van der Waals surface area contributed by atoms with Crippen molar-refractivity contribution in [1.82, 2.24) is 10.4 Å². The Hall–Kier alpha value is -0.120. The molecule has 1 N–H and O–H groups in total. The highest BCUT2D eigenvalue weighted by molar-refractivity contribution is 4.56. The van der Waals surface area contributed by atoms with Gasteiger partial charge in [0, 0.05) is 26.2 Å². The van der Waals surface area contributed by atoms with Crippen molar-refractivity contribution in [3.8, 4) is 0 Å². The summed E-state index contributed by atoms with van der Waals surface area (Å²) in [6, 6.07) is 0. The summed E-state index contributed by atoms with van der Waals surface area (Å²) in [7, 11) is 0. The first-order chi connectivity index (χ1) is 3.89. The lowest BCUT2D eigenvalue weighted by atomic mass is 10.4. The van der Waals surface area contributed by atoms with Gasteiger partial charge in [-0.1, -0.05) is 0 Å². The Morgan fingerprint density at radius 1 is 1.25 bits per heavy atom. The summed E-state index contributed by atoms with van der Waals surface area (Å²) >= 11 is 0. The lowest BCUT2D eigenvalue weighted by Crippen LogP contribution is -2.22. The van der Waals surface area contributed by atoms with Gasteiger partial charge in [0.1, 0.15) is 0 Å². The predicted molar refractivity (Wildman–Crippen MR) is 29.8 cm³/mol. The van der Waals surface area contributed by atoms with Gasteiger partial charge in [-0.25, -0.2) is 5.32 Å². The highest BCUT2D eigenvalue weighted by Gasteiger charge is 2.03. The number of hydrogen-bond donors (Lipinski definition) is 1. The predicted octanol–water partition coefficient (Wildman–Crippen LogP) is -0.314. The second-order valence-electron chi connectivity index (χ2n) is 1.98. The van der Waals surface area contributed by atoms with Gasteiger partial charge in [0.25, 0.3) is 0 Å². The van der Waals surface area contributed by atoms with Crippen LogP contribution < -0.4 is 5.32 Å². The van der Waals surface area contributed by atoms with Gasteiger partial charge >= 0.3 is 0 Å². The van der Waals surface area contributed by atoms with Crippen LogP contribution in [0.15, 0.2) is 0 Å². The van der Waals surface area contributed by atoms with Crippen LogP contribution in [-0.2, 0) is 0 Å². The third-order valence-corrected chi connectivity index (χ3v) is 1.25. The van der Waals surface area contributed by atoms with E-state index in [1.807, 2.05) is 0 Å². The molecule has 1 rings (SSSR count). The van der Waals surface area contributed by atoms with E-state index >= 15 is 0 Å². The molecule has 47 valence electrons. The van der Waals surface area contributed by atoms with Crippen LogP contribution in [0.2, 0.25) is 0 Å². The molecular formula is C5H11N2O. The Bertz CT molecular complexity index is 59.4. The minimum atomic E-state index is 0.708. The summed E-state index contributed by atoms with van der Waals surface area (Å²) in [6.07, 6.45) is 0.997. The second kappa shape index (κ2) is 3.02. The van der Waals surface area contributed by atoms with Crippen LogP contribution >= 0.6 is 0 Å². The lowest BCUT2D eigenvalue weighted by Gasteiger charge is -2.07. The van der Waals surface area contributed by atoms with Crippen molar-refractivity contribution < 1.29 is 5.21 Å². The number of hydrogen-bond acceptors (Lipinski definition) is 2. The highest BCUT2D eigenvalue weighted by atomic mass is 16.5. The van der Waals surface area contributed by atoms with Crippen molar-refractivity contribution in [2.24, 2.45) is 0 Å². The van der Waals surface area contributed by atoms with Crippen LogP contribution in [0.4, 0.5) is 0 Å². The Kier molecular flexibility index (Phi) is 2.27. The first kappa shape index (κ1) is 6.01. The maximum absolute atomic E-state index is 8.86. The van der Waals surface area contributed by atoms with E-state index in [9.17, 15) is 0 Å². The Labute approximate surface area is 49.3 Å². The third kappa shape index (κ3) is 1.78. The summed E-state index contributed by atoms with van der Waals surface area (Å²) in [6.45, 7) is 3.19. The molecule has 1 aliphatic rings. The zero-order chi connectivity index (χ0) is 5.82.